The van der Waals surface area contributed by atoms with Gasteiger partial charge in [0.2, 0.25) is 10.0 Å². The molecule has 0 radical (unpaired) electrons. The highest BCUT2D eigenvalue weighted by Crippen LogP contribution is 2.11. The molecule has 0 bridgehead atoms. The second-order valence-electron chi connectivity index (χ2n) is 3.87. The molecule has 0 saturated heterocycles. The Balaban J connectivity index is 2.78. The molecule has 1 aromatic rings. The van der Waals surface area contributed by atoms with Gasteiger partial charge in [0.15, 0.2) is 0 Å². The zero-order valence-corrected chi connectivity index (χ0v) is 12.1. The molecule has 0 aliphatic carbocycles. The van der Waals surface area contributed by atoms with Crippen molar-refractivity contribution in [1.29, 1.82) is 0 Å². The van der Waals surface area contributed by atoms with E-state index in [1.54, 1.807) is 6.92 Å². The van der Waals surface area contributed by atoms with E-state index in [1.165, 1.54) is 36.4 Å². The fraction of sp³-hybridized carbons (Fsp3) is 0.231. The first-order chi connectivity index (χ1) is 9.85. The van der Waals surface area contributed by atoms with Crippen LogP contribution in [0.1, 0.15) is 12.5 Å². The van der Waals surface area contributed by atoms with Gasteiger partial charge in [0.1, 0.15) is 6.54 Å². The van der Waals surface area contributed by atoms with Crippen molar-refractivity contribution in [3.63, 3.8) is 0 Å². The van der Waals surface area contributed by atoms with Crippen LogP contribution in [0, 0.1) is 0 Å². The van der Waals surface area contributed by atoms with Crippen LogP contribution in [0.15, 0.2) is 35.2 Å². The molecule has 0 aliphatic rings. The molecular formula is C13H15NO6S. The normalized spacial score (nSPS) is 11.5. The summed E-state index contributed by atoms with van der Waals surface area (Å²) in [7, 11) is -3.86. The maximum absolute atomic E-state index is 11.7. The lowest BCUT2D eigenvalue weighted by molar-refractivity contribution is -0.137. The lowest BCUT2D eigenvalue weighted by Crippen LogP contribution is -2.29. The minimum absolute atomic E-state index is 0.0583. The van der Waals surface area contributed by atoms with E-state index in [4.69, 9.17) is 9.84 Å². The molecule has 0 spiro atoms. The third kappa shape index (κ3) is 5.76. The Kier molecular flexibility index (Phi) is 6.07. The van der Waals surface area contributed by atoms with E-state index >= 15 is 0 Å². The number of carbonyl (C=O) groups excluding carboxylic acids is 1. The quantitative estimate of drug-likeness (QED) is 0.564. The number of hydrogen-bond donors (Lipinski definition) is 2. The van der Waals surface area contributed by atoms with E-state index in [1.807, 2.05) is 4.72 Å². The number of esters is 1. The first-order valence-electron chi connectivity index (χ1n) is 6.01. The lowest BCUT2D eigenvalue weighted by atomic mass is 10.2. The van der Waals surface area contributed by atoms with E-state index in [0.717, 1.165) is 0 Å². The van der Waals surface area contributed by atoms with Crippen molar-refractivity contribution in [2.75, 3.05) is 13.2 Å². The summed E-state index contributed by atoms with van der Waals surface area (Å²) in [5, 5.41) is 8.45. The van der Waals surface area contributed by atoms with Gasteiger partial charge in [0, 0.05) is 6.08 Å². The molecule has 0 aromatic heterocycles. The number of carbonyl (C=O) groups is 2. The lowest BCUT2D eigenvalue weighted by Gasteiger charge is -2.04. The van der Waals surface area contributed by atoms with Crippen LogP contribution in [0.3, 0.4) is 0 Å². The number of carboxylic acid groups (broad SMARTS) is 1. The van der Waals surface area contributed by atoms with Crippen molar-refractivity contribution in [2.45, 2.75) is 11.8 Å². The van der Waals surface area contributed by atoms with Gasteiger partial charge in [0.25, 0.3) is 0 Å². The predicted molar refractivity (Wildman–Crippen MR) is 74.9 cm³/mol. The summed E-state index contributed by atoms with van der Waals surface area (Å²) in [5.41, 5.74) is 0.611. The molecule has 2 N–H and O–H groups in total. The third-order valence-electron chi connectivity index (χ3n) is 2.30. The maximum Gasteiger partial charge on any atom is 0.330 e. The topological polar surface area (TPSA) is 110 Å². The second-order valence-corrected chi connectivity index (χ2v) is 5.64. The number of ether oxygens (including phenoxy) is 1. The van der Waals surface area contributed by atoms with Gasteiger partial charge in [-0.15, -0.1) is 0 Å². The molecule has 0 atom stereocenters. The maximum atomic E-state index is 11.7. The van der Waals surface area contributed by atoms with Crippen molar-refractivity contribution in [1.82, 2.24) is 4.72 Å². The van der Waals surface area contributed by atoms with Gasteiger partial charge in [-0.3, -0.25) is 4.79 Å². The number of aliphatic carboxylic acids is 1. The second kappa shape index (κ2) is 7.55. The van der Waals surface area contributed by atoms with Crippen LogP contribution in [0.25, 0.3) is 6.08 Å². The number of carboxylic acids is 1. The van der Waals surface area contributed by atoms with E-state index < -0.39 is 28.5 Å². The zero-order valence-electron chi connectivity index (χ0n) is 11.3. The van der Waals surface area contributed by atoms with Crippen molar-refractivity contribution in [2.24, 2.45) is 0 Å². The summed E-state index contributed by atoms with van der Waals surface area (Å²) in [6.07, 6.45) is 2.72. The molecule has 1 rings (SSSR count). The smallest absolute Gasteiger partial charge is 0.330 e. The molecule has 0 aliphatic heterocycles. The van der Waals surface area contributed by atoms with Crippen molar-refractivity contribution >= 4 is 28.0 Å². The van der Waals surface area contributed by atoms with Crippen molar-refractivity contribution < 1.29 is 27.9 Å². The minimum atomic E-state index is -3.86. The molecule has 8 heteroatoms. The van der Waals surface area contributed by atoms with Gasteiger partial charge in [-0.05, 0) is 30.7 Å². The minimum Gasteiger partial charge on any atom is -0.480 e. The summed E-state index contributed by atoms with van der Waals surface area (Å²) in [4.78, 5) is 21.4. The van der Waals surface area contributed by atoms with Crippen LogP contribution in [-0.4, -0.2) is 38.6 Å². The highest BCUT2D eigenvalue weighted by atomic mass is 32.2. The van der Waals surface area contributed by atoms with Gasteiger partial charge < -0.3 is 9.84 Å². The van der Waals surface area contributed by atoms with Crippen molar-refractivity contribution in [3.8, 4) is 0 Å². The largest absolute Gasteiger partial charge is 0.480 e. The zero-order chi connectivity index (χ0) is 15.9. The number of benzene rings is 1. The Morgan fingerprint density at radius 1 is 1.29 bits per heavy atom. The van der Waals surface area contributed by atoms with Gasteiger partial charge in [-0.25, -0.2) is 13.2 Å². The highest BCUT2D eigenvalue weighted by molar-refractivity contribution is 7.89. The van der Waals surface area contributed by atoms with Crippen LogP contribution in [0.5, 0.6) is 0 Å². The Hall–Kier alpha value is -2.19. The van der Waals surface area contributed by atoms with Crippen molar-refractivity contribution in [3.05, 3.63) is 35.9 Å². The summed E-state index contributed by atoms with van der Waals surface area (Å²) in [6.45, 7) is 1.28. The fourth-order valence-corrected chi connectivity index (χ4v) is 2.33. The highest BCUT2D eigenvalue weighted by Gasteiger charge is 2.14. The van der Waals surface area contributed by atoms with Gasteiger partial charge >= 0.3 is 11.9 Å². The van der Waals surface area contributed by atoms with Crippen LogP contribution in [-0.2, 0) is 24.3 Å². The standard InChI is InChI=1S/C13H15NO6S/c1-2-20-13(17)8-5-10-3-6-11(7-4-10)21(18,19)14-9-12(15)16/h3-8,14H,2,9H2,1H3,(H,15,16). The predicted octanol–water partition coefficient (Wildman–Crippen LogP) is 0.626. The summed E-state index contributed by atoms with van der Waals surface area (Å²) in [6, 6.07) is 5.61. The molecule has 21 heavy (non-hydrogen) atoms. The Morgan fingerprint density at radius 2 is 1.90 bits per heavy atom. The monoisotopic (exact) mass is 313 g/mol. The van der Waals surface area contributed by atoms with E-state index in [0.29, 0.717) is 5.56 Å². The van der Waals surface area contributed by atoms with E-state index in [9.17, 15) is 18.0 Å². The SMILES string of the molecule is CCOC(=O)C=Cc1ccc(S(=O)(=O)NCC(=O)O)cc1. The Bertz CT molecular complexity index is 633. The molecule has 0 fully saturated rings. The van der Waals surface area contributed by atoms with Gasteiger partial charge in [-0.1, -0.05) is 12.1 Å². The molecule has 7 nitrogen and oxygen atoms in total. The first-order valence-corrected chi connectivity index (χ1v) is 7.50. The number of hydrogen-bond acceptors (Lipinski definition) is 5. The average molecular weight is 313 g/mol. The third-order valence-corrected chi connectivity index (χ3v) is 3.72. The van der Waals surface area contributed by atoms with Gasteiger partial charge in [-0.2, -0.15) is 4.72 Å². The molecule has 1 aromatic carbocycles. The van der Waals surface area contributed by atoms with E-state index in [-0.39, 0.29) is 11.5 Å². The molecule has 0 heterocycles. The van der Waals surface area contributed by atoms with Crippen LogP contribution < -0.4 is 4.72 Å². The number of rotatable bonds is 7. The van der Waals surface area contributed by atoms with Crippen LogP contribution >= 0.6 is 0 Å². The number of sulfonamides is 1. The number of nitrogens with one attached hydrogen (secondary N) is 1. The Morgan fingerprint density at radius 3 is 2.43 bits per heavy atom. The van der Waals surface area contributed by atoms with E-state index in [2.05, 4.69) is 0 Å². The summed E-state index contributed by atoms with van der Waals surface area (Å²) in [5.74, 6) is -1.76. The van der Waals surface area contributed by atoms with Crippen LogP contribution in [0.2, 0.25) is 0 Å². The van der Waals surface area contributed by atoms with Gasteiger partial charge in [0.05, 0.1) is 11.5 Å². The summed E-state index contributed by atoms with van der Waals surface area (Å²) < 4.78 is 30.1. The molecule has 0 unspecified atom stereocenters. The summed E-state index contributed by atoms with van der Waals surface area (Å²) >= 11 is 0. The molecule has 0 amide bonds. The van der Waals surface area contributed by atoms with Crippen LogP contribution in [0.4, 0.5) is 0 Å². The molecular weight excluding hydrogens is 298 g/mol. The Labute approximate surface area is 122 Å². The molecule has 0 saturated carbocycles. The molecule has 114 valence electrons. The fourth-order valence-electron chi connectivity index (χ4n) is 1.35. The first kappa shape index (κ1) is 16.9. The average Bonchev–Trinajstić information content (AvgIpc) is 2.44.